The summed E-state index contributed by atoms with van der Waals surface area (Å²) in [6, 6.07) is 17.7. The molecule has 1 amide bonds. The van der Waals surface area contributed by atoms with Crippen molar-refractivity contribution in [2.24, 2.45) is 0 Å². The van der Waals surface area contributed by atoms with Crippen LogP contribution >= 0.6 is 11.3 Å². The fourth-order valence-electron chi connectivity index (χ4n) is 3.31. The van der Waals surface area contributed by atoms with Gasteiger partial charge in [0, 0.05) is 24.0 Å². The number of ether oxygens (including phenoxy) is 1. The molecule has 0 aliphatic heterocycles. The molecule has 0 bridgehead atoms. The second kappa shape index (κ2) is 9.20. The highest BCUT2D eigenvalue weighted by atomic mass is 32.2. The SMILES string of the molecule is COc1ccc2nc(N(Cc3ccccc3)C(=O)c3cc([N+](=O)[O-])cc(S(C)(=O)=O)c3)sc2c1. The molecule has 0 radical (unpaired) electrons. The summed E-state index contributed by atoms with van der Waals surface area (Å²) in [5.74, 6) is 0.0311. The van der Waals surface area contributed by atoms with Gasteiger partial charge in [-0.05, 0) is 29.8 Å². The van der Waals surface area contributed by atoms with E-state index in [1.807, 2.05) is 30.3 Å². The average molecular weight is 498 g/mol. The molecule has 0 aliphatic rings. The van der Waals surface area contributed by atoms with Gasteiger partial charge in [0.2, 0.25) is 0 Å². The third-order valence-electron chi connectivity index (χ3n) is 5.02. The summed E-state index contributed by atoms with van der Waals surface area (Å²) in [5.41, 5.74) is 0.853. The summed E-state index contributed by atoms with van der Waals surface area (Å²) in [7, 11) is -2.24. The predicted octanol–water partition coefficient (Wildman–Crippen LogP) is 4.46. The number of hydrogen-bond donors (Lipinski definition) is 0. The number of nitro groups is 1. The minimum Gasteiger partial charge on any atom is -0.497 e. The Kier molecular flexibility index (Phi) is 6.31. The highest BCUT2D eigenvalue weighted by Crippen LogP contribution is 2.33. The fourth-order valence-corrected chi connectivity index (χ4v) is 4.98. The number of benzene rings is 3. The Labute approximate surface area is 199 Å². The van der Waals surface area contributed by atoms with Gasteiger partial charge in [0.1, 0.15) is 5.75 Å². The first kappa shape index (κ1) is 23.3. The normalized spacial score (nSPS) is 11.4. The standard InChI is InChI=1S/C23H19N3O6S2/c1-32-18-8-9-20-21(13-18)33-23(24-20)25(14-15-6-4-3-5-7-15)22(27)16-10-17(26(28)29)12-19(11-16)34(2,30)31/h3-13H,14H2,1-2H3. The maximum Gasteiger partial charge on any atom is 0.271 e. The summed E-state index contributed by atoms with van der Waals surface area (Å²) < 4.78 is 30.3. The lowest BCUT2D eigenvalue weighted by Crippen LogP contribution is -2.30. The smallest absolute Gasteiger partial charge is 0.271 e. The number of thiazole rings is 1. The molecule has 0 saturated carbocycles. The van der Waals surface area contributed by atoms with Crippen LogP contribution in [0.2, 0.25) is 0 Å². The fraction of sp³-hybridized carbons (Fsp3) is 0.130. The third-order valence-corrected chi connectivity index (χ3v) is 7.15. The highest BCUT2D eigenvalue weighted by molar-refractivity contribution is 7.90. The van der Waals surface area contributed by atoms with Crippen molar-refractivity contribution in [2.45, 2.75) is 11.4 Å². The number of aromatic nitrogens is 1. The van der Waals surface area contributed by atoms with Gasteiger partial charge in [0.25, 0.3) is 11.6 Å². The van der Waals surface area contributed by atoms with E-state index in [4.69, 9.17) is 4.74 Å². The van der Waals surface area contributed by atoms with Crippen LogP contribution in [0.25, 0.3) is 10.2 Å². The molecule has 0 N–H and O–H groups in total. The first-order valence-electron chi connectivity index (χ1n) is 9.95. The Morgan fingerprint density at radius 1 is 1.12 bits per heavy atom. The first-order chi connectivity index (χ1) is 16.2. The molecule has 174 valence electrons. The van der Waals surface area contributed by atoms with Crippen molar-refractivity contribution in [2.75, 3.05) is 18.3 Å². The number of hydrogen-bond acceptors (Lipinski definition) is 8. The summed E-state index contributed by atoms with van der Waals surface area (Å²) in [5, 5.41) is 11.8. The number of fused-ring (bicyclic) bond motifs is 1. The van der Waals surface area contributed by atoms with E-state index in [0.29, 0.717) is 16.4 Å². The zero-order valence-electron chi connectivity index (χ0n) is 18.2. The summed E-state index contributed by atoms with van der Waals surface area (Å²) >= 11 is 1.26. The number of amides is 1. The molecular weight excluding hydrogens is 478 g/mol. The minimum atomic E-state index is -3.79. The van der Waals surface area contributed by atoms with Gasteiger partial charge >= 0.3 is 0 Å². The summed E-state index contributed by atoms with van der Waals surface area (Å²) in [6.45, 7) is 0.132. The van der Waals surface area contributed by atoms with Gasteiger partial charge in [0.05, 0.1) is 33.7 Å². The number of carbonyl (C=O) groups excluding carboxylic acids is 1. The van der Waals surface area contributed by atoms with Crippen LogP contribution in [-0.2, 0) is 16.4 Å². The monoisotopic (exact) mass is 497 g/mol. The van der Waals surface area contributed by atoms with E-state index in [-0.39, 0.29) is 17.0 Å². The van der Waals surface area contributed by atoms with Crippen molar-refractivity contribution in [3.8, 4) is 5.75 Å². The quantitative estimate of drug-likeness (QED) is 0.273. The van der Waals surface area contributed by atoms with Crippen LogP contribution in [0.4, 0.5) is 10.8 Å². The van der Waals surface area contributed by atoms with Gasteiger partial charge in [-0.3, -0.25) is 19.8 Å². The van der Waals surface area contributed by atoms with E-state index in [9.17, 15) is 23.3 Å². The molecule has 1 aromatic heterocycles. The third kappa shape index (κ3) is 4.90. The Balaban J connectivity index is 1.85. The number of carbonyl (C=O) groups is 1. The summed E-state index contributed by atoms with van der Waals surface area (Å²) in [4.78, 5) is 30.0. The molecular formula is C23H19N3O6S2. The molecule has 0 saturated heterocycles. The van der Waals surface area contributed by atoms with Gasteiger partial charge in [-0.15, -0.1) is 0 Å². The molecule has 4 rings (SSSR count). The molecule has 0 unspecified atom stereocenters. The second-order valence-corrected chi connectivity index (χ2v) is 10.5. The molecule has 0 spiro atoms. The molecule has 9 nitrogen and oxygen atoms in total. The van der Waals surface area contributed by atoms with Crippen LogP contribution in [0.3, 0.4) is 0 Å². The van der Waals surface area contributed by atoms with Crippen molar-refractivity contribution in [1.29, 1.82) is 0 Å². The van der Waals surface area contributed by atoms with E-state index in [1.165, 1.54) is 16.2 Å². The van der Waals surface area contributed by atoms with Crippen molar-refractivity contribution in [3.05, 3.63) is 88.0 Å². The van der Waals surface area contributed by atoms with Gasteiger partial charge in [0.15, 0.2) is 15.0 Å². The highest BCUT2D eigenvalue weighted by Gasteiger charge is 2.26. The van der Waals surface area contributed by atoms with Crippen LogP contribution in [0, 0.1) is 10.1 Å². The topological polar surface area (TPSA) is 120 Å². The van der Waals surface area contributed by atoms with E-state index >= 15 is 0 Å². The number of sulfone groups is 1. The molecule has 0 atom stereocenters. The lowest BCUT2D eigenvalue weighted by molar-refractivity contribution is -0.385. The number of non-ortho nitro benzene ring substituents is 1. The Morgan fingerprint density at radius 2 is 1.85 bits per heavy atom. The molecule has 11 heteroatoms. The van der Waals surface area contributed by atoms with Crippen LogP contribution in [0.1, 0.15) is 15.9 Å². The number of rotatable bonds is 7. The Bertz CT molecular complexity index is 1500. The maximum absolute atomic E-state index is 13.7. The Morgan fingerprint density at radius 3 is 2.50 bits per heavy atom. The van der Waals surface area contributed by atoms with Crippen molar-refractivity contribution in [1.82, 2.24) is 4.98 Å². The minimum absolute atomic E-state index is 0.123. The zero-order valence-corrected chi connectivity index (χ0v) is 19.8. The van der Waals surface area contributed by atoms with E-state index in [1.54, 1.807) is 25.3 Å². The van der Waals surface area contributed by atoms with Gasteiger partial charge in [-0.2, -0.15) is 0 Å². The number of methoxy groups -OCH3 is 1. The molecule has 4 aromatic rings. The Hall–Kier alpha value is -3.83. The van der Waals surface area contributed by atoms with Gasteiger partial charge in [-0.25, -0.2) is 13.4 Å². The summed E-state index contributed by atoms with van der Waals surface area (Å²) in [6.07, 6.45) is 0.934. The maximum atomic E-state index is 13.7. The molecule has 34 heavy (non-hydrogen) atoms. The van der Waals surface area contributed by atoms with Crippen LogP contribution < -0.4 is 9.64 Å². The number of nitro benzene ring substituents is 1. The van der Waals surface area contributed by atoms with Crippen LogP contribution in [0.5, 0.6) is 5.75 Å². The molecule has 3 aromatic carbocycles. The number of nitrogens with zero attached hydrogens (tertiary/aromatic N) is 3. The van der Waals surface area contributed by atoms with Crippen LogP contribution in [0.15, 0.2) is 71.6 Å². The zero-order chi connectivity index (χ0) is 24.5. The first-order valence-corrected chi connectivity index (χ1v) is 12.7. The van der Waals surface area contributed by atoms with Crippen molar-refractivity contribution in [3.63, 3.8) is 0 Å². The lowest BCUT2D eigenvalue weighted by Gasteiger charge is -2.20. The van der Waals surface area contributed by atoms with E-state index in [2.05, 4.69) is 4.98 Å². The number of anilines is 1. The molecule has 1 heterocycles. The largest absolute Gasteiger partial charge is 0.497 e. The van der Waals surface area contributed by atoms with Crippen LogP contribution in [-0.4, -0.2) is 37.6 Å². The molecule has 0 fully saturated rings. The van der Waals surface area contributed by atoms with Crippen molar-refractivity contribution >= 4 is 48.1 Å². The van der Waals surface area contributed by atoms with Gasteiger partial charge < -0.3 is 4.74 Å². The van der Waals surface area contributed by atoms with E-state index < -0.39 is 26.4 Å². The van der Waals surface area contributed by atoms with E-state index in [0.717, 1.165) is 34.7 Å². The predicted molar refractivity (Wildman–Crippen MR) is 129 cm³/mol. The average Bonchev–Trinajstić information content (AvgIpc) is 3.24. The lowest BCUT2D eigenvalue weighted by atomic mass is 10.1. The van der Waals surface area contributed by atoms with Gasteiger partial charge in [-0.1, -0.05) is 41.7 Å². The van der Waals surface area contributed by atoms with Crippen molar-refractivity contribution < 1.29 is 22.9 Å². The second-order valence-electron chi connectivity index (χ2n) is 7.45. The molecule has 0 aliphatic carbocycles.